The Hall–Kier alpha value is -3.00. The van der Waals surface area contributed by atoms with Gasteiger partial charge in [0, 0.05) is 5.75 Å². The molecule has 0 fully saturated rings. The number of aliphatic hydroxyl groups is 1. The Labute approximate surface area is 185 Å². The highest BCUT2D eigenvalue weighted by atomic mass is 32.2. The molecule has 0 aliphatic heterocycles. The second-order valence-electron chi connectivity index (χ2n) is 7.21. The van der Waals surface area contributed by atoms with Crippen LogP contribution in [0.15, 0.2) is 90.1 Å². The third-order valence-corrected chi connectivity index (χ3v) is 5.85. The zero-order valence-corrected chi connectivity index (χ0v) is 18.0. The predicted molar refractivity (Wildman–Crippen MR) is 121 cm³/mol. The van der Waals surface area contributed by atoms with Crippen LogP contribution in [0.1, 0.15) is 22.8 Å². The van der Waals surface area contributed by atoms with Gasteiger partial charge in [-0.3, -0.25) is 0 Å². The van der Waals surface area contributed by atoms with Crippen molar-refractivity contribution < 1.29 is 9.84 Å². The van der Waals surface area contributed by atoms with E-state index in [1.54, 1.807) is 4.68 Å². The number of para-hydroxylation sites is 1. The number of nitrogens with zero attached hydrogens (tertiary/aromatic N) is 4. The van der Waals surface area contributed by atoms with E-state index in [1.165, 1.54) is 17.3 Å². The summed E-state index contributed by atoms with van der Waals surface area (Å²) in [6.07, 6.45) is -0.904. The van der Waals surface area contributed by atoms with Crippen LogP contribution in [0, 0.1) is 6.92 Å². The van der Waals surface area contributed by atoms with E-state index in [9.17, 15) is 5.11 Å². The van der Waals surface area contributed by atoms with Crippen molar-refractivity contribution in [3.05, 3.63) is 102 Å². The molecule has 0 radical (unpaired) electrons. The zero-order valence-electron chi connectivity index (χ0n) is 17.2. The molecule has 2 atom stereocenters. The number of aliphatic hydroxyl groups excluding tert-OH is 1. The summed E-state index contributed by atoms with van der Waals surface area (Å²) in [5.74, 6) is 0.419. The largest absolute Gasteiger partial charge is 0.390 e. The van der Waals surface area contributed by atoms with Gasteiger partial charge in [-0.2, -0.15) is 4.68 Å². The number of hydrogen-bond acceptors (Lipinski definition) is 6. The first-order valence-electron chi connectivity index (χ1n) is 10.1. The first kappa shape index (κ1) is 21.2. The van der Waals surface area contributed by atoms with E-state index in [4.69, 9.17) is 4.74 Å². The van der Waals surface area contributed by atoms with Gasteiger partial charge in [0.2, 0.25) is 5.16 Å². The van der Waals surface area contributed by atoms with E-state index >= 15 is 0 Å². The van der Waals surface area contributed by atoms with E-state index in [0.717, 1.165) is 16.8 Å². The Bertz CT molecular complexity index is 1070. The zero-order chi connectivity index (χ0) is 21.5. The van der Waals surface area contributed by atoms with Gasteiger partial charge >= 0.3 is 0 Å². The minimum atomic E-state index is -0.664. The molecule has 0 amide bonds. The first-order chi connectivity index (χ1) is 15.2. The van der Waals surface area contributed by atoms with E-state index in [-0.39, 0.29) is 12.7 Å². The Morgan fingerprint density at radius 2 is 1.55 bits per heavy atom. The lowest BCUT2D eigenvalue weighted by Crippen LogP contribution is -2.21. The number of hydrogen-bond donors (Lipinski definition) is 1. The summed E-state index contributed by atoms with van der Waals surface area (Å²) < 4.78 is 7.84. The normalized spacial score (nSPS) is 13.1. The molecule has 1 aromatic heterocycles. The third-order valence-electron chi connectivity index (χ3n) is 4.78. The van der Waals surface area contributed by atoms with Crippen LogP contribution >= 0.6 is 11.8 Å². The van der Waals surface area contributed by atoms with Crippen LogP contribution in [-0.2, 0) is 4.74 Å². The molecule has 0 saturated carbocycles. The highest BCUT2D eigenvalue weighted by Crippen LogP contribution is 2.27. The Kier molecular flexibility index (Phi) is 7.09. The summed E-state index contributed by atoms with van der Waals surface area (Å²) in [6.45, 7) is 2.26. The number of tetrazole rings is 1. The van der Waals surface area contributed by atoms with E-state index in [1.807, 2.05) is 60.7 Å². The van der Waals surface area contributed by atoms with Gasteiger partial charge in [0.15, 0.2) is 0 Å². The van der Waals surface area contributed by atoms with Gasteiger partial charge in [-0.1, -0.05) is 90.1 Å². The molecule has 7 heteroatoms. The van der Waals surface area contributed by atoms with Crippen LogP contribution in [0.5, 0.6) is 0 Å². The van der Waals surface area contributed by atoms with Crippen LogP contribution in [-0.4, -0.2) is 43.8 Å². The molecule has 31 heavy (non-hydrogen) atoms. The molecule has 6 nitrogen and oxygen atoms in total. The van der Waals surface area contributed by atoms with Crippen molar-refractivity contribution in [3.63, 3.8) is 0 Å². The molecule has 3 aromatic carbocycles. The summed E-state index contributed by atoms with van der Waals surface area (Å²) in [6, 6.07) is 28.0. The number of ether oxygens (including phenoxy) is 1. The van der Waals surface area contributed by atoms with Crippen LogP contribution in [0.25, 0.3) is 5.69 Å². The topological polar surface area (TPSA) is 73.1 Å². The summed E-state index contributed by atoms with van der Waals surface area (Å²) in [5, 5.41) is 23.1. The molecule has 158 valence electrons. The van der Waals surface area contributed by atoms with Crippen LogP contribution in [0.2, 0.25) is 0 Å². The summed E-state index contributed by atoms with van der Waals surface area (Å²) in [7, 11) is 0. The fraction of sp³-hybridized carbons (Fsp3) is 0.208. The maximum absolute atomic E-state index is 10.6. The summed E-state index contributed by atoms with van der Waals surface area (Å²) >= 11 is 1.40. The monoisotopic (exact) mass is 432 g/mol. The van der Waals surface area contributed by atoms with Gasteiger partial charge in [0.05, 0.1) is 18.4 Å². The third kappa shape index (κ3) is 5.58. The van der Waals surface area contributed by atoms with Gasteiger partial charge in [0.25, 0.3) is 0 Å². The molecule has 4 rings (SSSR count). The smallest absolute Gasteiger partial charge is 0.214 e. The number of rotatable bonds is 9. The van der Waals surface area contributed by atoms with Crippen molar-refractivity contribution in [1.82, 2.24) is 20.2 Å². The van der Waals surface area contributed by atoms with Crippen LogP contribution < -0.4 is 0 Å². The molecule has 0 spiro atoms. The van der Waals surface area contributed by atoms with Crippen molar-refractivity contribution in [2.45, 2.75) is 24.3 Å². The standard InChI is InChI=1S/C24H24N4O2S/c1-18-12-14-20(15-13-18)23(19-8-4-2-5-9-19)30-16-22(29)17-31-24-25-26-27-28(24)21-10-6-3-7-11-21/h2-15,22-23,29H,16-17H2,1H3. The first-order valence-corrected chi connectivity index (χ1v) is 11.1. The average molecular weight is 433 g/mol. The molecule has 1 N–H and O–H groups in total. The minimum absolute atomic E-state index is 0.202. The van der Waals surface area contributed by atoms with Crippen molar-refractivity contribution in [2.24, 2.45) is 0 Å². The second kappa shape index (κ2) is 10.3. The predicted octanol–water partition coefficient (Wildman–Crippen LogP) is 4.23. The number of thioether (sulfide) groups is 1. The van der Waals surface area contributed by atoms with Crippen molar-refractivity contribution in [3.8, 4) is 5.69 Å². The number of aromatic nitrogens is 4. The van der Waals surface area contributed by atoms with Crippen molar-refractivity contribution >= 4 is 11.8 Å². The average Bonchev–Trinajstić information content (AvgIpc) is 3.29. The van der Waals surface area contributed by atoms with Gasteiger partial charge in [-0.15, -0.1) is 5.10 Å². The minimum Gasteiger partial charge on any atom is -0.390 e. The molecule has 1 heterocycles. The fourth-order valence-corrected chi connectivity index (χ4v) is 3.98. The lowest BCUT2D eigenvalue weighted by atomic mass is 10.0. The Morgan fingerprint density at radius 3 is 2.26 bits per heavy atom. The molecular formula is C24H24N4O2S. The summed E-state index contributed by atoms with van der Waals surface area (Å²) in [4.78, 5) is 0. The summed E-state index contributed by atoms with van der Waals surface area (Å²) in [5.41, 5.74) is 4.19. The molecule has 0 aliphatic rings. The number of aryl methyl sites for hydroxylation is 1. The van der Waals surface area contributed by atoms with E-state index in [2.05, 4.69) is 46.7 Å². The lowest BCUT2D eigenvalue weighted by molar-refractivity contribution is 0.0155. The maximum Gasteiger partial charge on any atom is 0.214 e. The van der Waals surface area contributed by atoms with E-state index in [0.29, 0.717) is 10.9 Å². The fourth-order valence-electron chi connectivity index (χ4n) is 3.18. The van der Waals surface area contributed by atoms with Gasteiger partial charge in [-0.05, 0) is 40.6 Å². The van der Waals surface area contributed by atoms with Crippen LogP contribution in [0.3, 0.4) is 0 Å². The van der Waals surface area contributed by atoms with Crippen molar-refractivity contribution in [1.29, 1.82) is 0 Å². The highest BCUT2D eigenvalue weighted by Gasteiger charge is 2.18. The van der Waals surface area contributed by atoms with Gasteiger partial charge < -0.3 is 9.84 Å². The quantitative estimate of drug-likeness (QED) is 0.399. The Balaban J connectivity index is 1.39. The molecule has 0 saturated heterocycles. The second-order valence-corrected chi connectivity index (χ2v) is 8.20. The SMILES string of the molecule is Cc1ccc(C(OCC(O)CSc2nnnn2-c2ccccc2)c2ccccc2)cc1. The Morgan fingerprint density at radius 1 is 0.903 bits per heavy atom. The highest BCUT2D eigenvalue weighted by molar-refractivity contribution is 7.99. The lowest BCUT2D eigenvalue weighted by Gasteiger charge is -2.21. The maximum atomic E-state index is 10.6. The van der Waals surface area contributed by atoms with Crippen molar-refractivity contribution in [2.75, 3.05) is 12.4 Å². The van der Waals surface area contributed by atoms with Crippen LogP contribution in [0.4, 0.5) is 0 Å². The number of benzene rings is 3. The van der Waals surface area contributed by atoms with Gasteiger partial charge in [0.1, 0.15) is 6.10 Å². The molecule has 2 unspecified atom stereocenters. The molecular weight excluding hydrogens is 408 g/mol. The molecule has 0 aliphatic carbocycles. The molecule has 4 aromatic rings. The molecule has 0 bridgehead atoms. The van der Waals surface area contributed by atoms with Gasteiger partial charge in [-0.25, -0.2) is 0 Å². The van der Waals surface area contributed by atoms with E-state index < -0.39 is 6.10 Å².